The van der Waals surface area contributed by atoms with Crippen LogP contribution in [0.5, 0.6) is 5.75 Å². The van der Waals surface area contributed by atoms with Gasteiger partial charge in [-0.05, 0) is 30.7 Å². The van der Waals surface area contributed by atoms with E-state index in [0.717, 1.165) is 32.8 Å². The van der Waals surface area contributed by atoms with E-state index in [1.807, 2.05) is 0 Å². The largest absolute Gasteiger partial charge is 0.484 e. The van der Waals surface area contributed by atoms with Crippen LogP contribution in [0.1, 0.15) is 5.56 Å². The van der Waals surface area contributed by atoms with Crippen LogP contribution in [-0.4, -0.2) is 90.9 Å². The standard InChI is InChI=1S/C19H29N3O6S/c1-16-14-17(29(24,25)22-8-12-27-13-9-22)2-3-18(16)28-15-19(23)20-4-5-21-6-10-26-11-7-21/h2-3,14H,4-13,15H2,1H3,(H,20,23)/p+1. The van der Waals surface area contributed by atoms with Gasteiger partial charge in [-0.15, -0.1) is 0 Å². The van der Waals surface area contributed by atoms with Crippen LogP contribution in [-0.2, 0) is 24.3 Å². The summed E-state index contributed by atoms with van der Waals surface area (Å²) in [5.41, 5.74) is 0.671. The summed E-state index contributed by atoms with van der Waals surface area (Å²) in [6.07, 6.45) is 0. The number of ether oxygens (including phenoxy) is 3. The van der Waals surface area contributed by atoms with Crippen molar-refractivity contribution >= 4 is 15.9 Å². The van der Waals surface area contributed by atoms with Crippen LogP contribution in [0.4, 0.5) is 0 Å². The Balaban J connectivity index is 1.48. The van der Waals surface area contributed by atoms with Crippen LogP contribution >= 0.6 is 0 Å². The number of nitrogens with one attached hydrogen (secondary N) is 2. The lowest BCUT2D eigenvalue weighted by molar-refractivity contribution is -0.906. The molecule has 10 heteroatoms. The second kappa shape index (κ2) is 10.4. The van der Waals surface area contributed by atoms with Crippen molar-refractivity contribution < 1.29 is 32.3 Å². The van der Waals surface area contributed by atoms with Gasteiger partial charge < -0.3 is 24.4 Å². The van der Waals surface area contributed by atoms with Gasteiger partial charge in [-0.3, -0.25) is 4.79 Å². The molecule has 2 aliphatic rings. The molecular weight excluding hydrogens is 398 g/mol. The second-order valence-corrected chi connectivity index (χ2v) is 9.13. The minimum Gasteiger partial charge on any atom is -0.484 e. The van der Waals surface area contributed by atoms with E-state index >= 15 is 0 Å². The van der Waals surface area contributed by atoms with Gasteiger partial charge in [0.15, 0.2) is 6.61 Å². The number of nitrogens with zero attached hydrogens (tertiary/aromatic N) is 1. The molecule has 2 saturated heterocycles. The van der Waals surface area contributed by atoms with Gasteiger partial charge in [0, 0.05) is 13.1 Å². The minimum atomic E-state index is -3.55. The maximum atomic E-state index is 12.7. The van der Waals surface area contributed by atoms with Crippen LogP contribution < -0.4 is 15.0 Å². The molecule has 2 fully saturated rings. The SMILES string of the molecule is Cc1cc(S(=O)(=O)N2CCOCC2)ccc1OCC(=O)NCC[NH+]1CCOCC1. The summed E-state index contributed by atoms with van der Waals surface area (Å²) in [5, 5.41) is 2.86. The predicted molar refractivity (Wildman–Crippen MR) is 106 cm³/mol. The number of carbonyl (C=O) groups is 1. The molecule has 0 saturated carbocycles. The van der Waals surface area contributed by atoms with Crippen molar-refractivity contribution in [2.24, 2.45) is 0 Å². The normalized spacial score (nSPS) is 19.1. The van der Waals surface area contributed by atoms with Gasteiger partial charge in [-0.1, -0.05) is 0 Å². The molecule has 2 aliphatic heterocycles. The number of benzene rings is 1. The number of rotatable bonds is 8. The summed E-state index contributed by atoms with van der Waals surface area (Å²) >= 11 is 0. The van der Waals surface area contributed by atoms with E-state index in [9.17, 15) is 13.2 Å². The number of hydrogen-bond acceptors (Lipinski definition) is 6. The number of sulfonamides is 1. The highest BCUT2D eigenvalue weighted by Gasteiger charge is 2.26. The summed E-state index contributed by atoms with van der Waals surface area (Å²) in [6, 6.07) is 4.71. The molecule has 1 amide bonds. The Hall–Kier alpha value is -1.72. The lowest BCUT2D eigenvalue weighted by Crippen LogP contribution is -3.14. The van der Waals surface area contributed by atoms with Crippen LogP contribution in [0.15, 0.2) is 23.1 Å². The Labute approximate surface area is 171 Å². The second-order valence-electron chi connectivity index (χ2n) is 7.19. The summed E-state index contributed by atoms with van der Waals surface area (Å²) in [6.45, 7) is 8.10. The van der Waals surface area contributed by atoms with E-state index in [0.29, 0.717) is 44.2 Å². The number of hydrogen-bond donors (Lipinski definition) is 2. The highest BCUT2D eigenvalue weighted by molar-refractivity contribution is 7.89. The zero-order chi connectivity index (χ0) is 20.7. The topological polar surface area (TPSA) is 98.6 Å². The predicted octanol–water partition coefficient (Wildman–Crippen LogP) is -1.57. The monoisotopic (exact) mass is 428 g/mol. The van der Waals surface area contributed by atoms with Gasteiger partial charge in [-0.2, -0.15) is 4.31 Å². The van der Waals surface area contributed by atoms with E-state index in [1.165, 1.54) is 15.3 Å². The summed E-state index contributed by atoms with van der Waals surface area (Å²) in [7, 11) is -3.55. The number of quaternary nitrogens is 1. The fourth-order valence-electron chi connectivity index (χ4n) is 3.36. The first-order chi connectivity index (χ1) is 14.0. The van der Waals surface area contributed by atoms with Gasteiger partial charge in [-0.25, -0.2) is 8.42 Å². The van der Waals surface area contributed by atoms with Gasteiger partial charge in [0.25, 0.3) is 5.91 Å². The molecule has 0 aliphatic carbocycles. The average Bonchev–Trinajstić information content (AvgIpc) is 2.74. The Morgan fingerprint density at radius 1 is 1.17 bits per heavy atom. The quantitative estimate of drug-likeness (QED) is 0.519. The highest BCUT2D eigenvalue weighted by atomic mass is 32.2. The molecule has 0 unspecified atom stereocenters. The van der Waals surface area contributed by atoms with Crippen molar-refractivity contribution in [2.45, 2.75) is 11.8 Å². The third kappa shape index (κ3) is 6.13. The molecule has 0 aromatic heterocycles. The summed E-state index contributed by atoms with van der Waals surface area (Å²) in [4.78, 5) is 13.7. The Morgan fingerprint density at radius 2 is 1.86 bits per heavy atom. The van der Waals surface area contributed by atoms with E-state index in [1.54, 1.807) is 19.1 Å². The Bertz CT molecular complexity index is 789. The van der Waals surface area contributed by atoms with E-state index in [2.05, 4.69) is 5.32 Å². The molecule has 0 spiro atoms. The maximum absolute atomic E-state index is 12.7. The lowest BCUT2D eigenvalue weighted by Gasteiger charge is -2.26. The van der Waals surface area contributed by atoms with Gasteiger partial charge in [0.1, 0.15) is 18.8 Å². The third-order valence-corrected chi connectivity index (χ3v) is 7.01. The maximum Gasteiger partial charge on any atom is 0.258 e. The molecule has 3 rings (SSSR count). The Morgan fingerprint density at radius 3 is 2.55 bits per heavy atom. The minimum absolute atomic E-state index is 0.102. The number of amides is 1. The zero-order valence-electron chi connectivity index (χ0n) is 16.8. The lowest BCUT2D eigenvalue weighted by atomic mass is 10.2. The van der Waals surface area contributed by atoms with Crippen LogP contribution in [0.25, 0.3) is 0 Å². The molecule has 2 N–H and O–H groups in total. The van der Waals surface area contributed by atoms with E-state index in [-0.39, 0.29) is 17.4 Å². The summed E-state index contributed by atoms with van der Waals surface area (Å²) in [5.74, 6) is 0.307. The van der Waals surface area contributed by atoms with Crippen LogP contribution in [0.3, 0.4) is 0 Å². The molecule has 9 nitrogen and oxygen atoms in total. The van der Waals surface area contributed by atoms with Crippen molar-refractivity contribution in [2.75, 3.05) is 72.3 Å². The first-order valence-corrected chi connectivity index (χ1v) is 11.4. The molecule has 1 aromatic rings. The van der Waals surface area contributed by atoms with Crippen LogP contribution in [0, 0.1) is 6.92 Å². The first kappa shape index (κ1) is 22.0. The molecule has 0 bridgehead atoms. The third-order valence-electron chi connectivity index (χ3n) is 5.11. The summed E-state index contributed by atoms with van der Waals surface area (Å²) < 4.78 is 43.0. The molecular formula is C19H30N3O6S+. The van der Waals surface area contributed by atoms with Gasteiger partial charge >= 0.3 is 0 Å². The smallest absolute Gasteiger partial charge is 0.258 e. The fraction of sp³-hybridized carbons (Fsp3) is 0.632. The van der Waals surface area contributed by atoms with Crippen LogP contribution in [0.2, 0.25) is 0 Å². The molecule has 0 radical (unpaired) electrons. The highest BCUT2D eigenvalue weighted by Crippen LogP contribution is 2.24. The van der Waals surface area contributed by atoms with Crippen molar-refractivity contribution in [3.8, 4) is 5.75 Å². The first-order valence-electron chi connectivity index (χ1n) is 9.96. The molecule has 0 atom stereocenters. The number of morpholine rings is 2. The van der Waals surface area contributed by atoms with Gasteiger partial charge in [0.05, 0.1) is 44.4 Å². The van der Waals surface area contributed by atoms with Crippen molar-refractivity contribution in [3.63, 3.8) is 0 Å². The van der Waals surface area contributed by atoms with E-state index in [4.69, 9.17) is 14.2 Å². The van der Waals surface area contributed by atoms with Crippen molar-refractivity contribution in [3.05, 3.63) is 23.8 Å². The van der Waals surface area contributed by atoms with Crippen molar-refractivity contribution in [1.29, 1.82) is 0 Å². The molecule has 1 aromatic carbocycles. The van der Waals surface area contributed by atoms with Crippen molar-refractivity contribution in [1.82, 2.24) is 9.62 Å². The van der Waals surface area contributed by atoms with E-state index < -0.39 is 10.0 Å². The Kier molecular flexibility index (Phi) is 7.84. The molecule has 2 heterocycles. The molecule has 29 heavy (non-hydrogen) atoms. The average molecular weight is 429 g/mol. The fourth-order valence-corrected chi connectivity index (χ4v) is 4.86. The zero-order valence-corrected chi connectivity index (χ0v) is 17.6. The molecule has 162 valence electrons. The number of carbonyl (C=O) groups excluding carboxylic acids is 1. The van der Waals surface area contributed by atoms with Gasteiger partial charge in [0.2, 0.25) is 10.0 Å². The number of aryl methyl sites for hydroxylation is 1.